The van der Waals surface area contributed by atoms with Crippen LogP contribution in [0, 0.1) is 6.92 Å². The predicted octanol–water partition coefficient (Wildman–Crippen LogP) is 4.75. The molecule has 3 aromatic heterocycles. The minimum Gasteiger partial charge on any atom is -0.383 e. The fourth-order valence-corrected chi connectivity index (χ4v) is 5.77. The first-order valence-electron chi connectivity index (χ1n) is 14.9. The van der Waals surface area contributed by atoms with Gasteiger partial charge in [0, 0.05) is 42.5 Å². The number of rotatable bonds is 10. The van der Waals surface area contributed by atoms with E-state index in [9.17, 15) is 4.79 Å². The van der Waals surface area contributed by atoms with Crippen LogP contribution in [0.25, 0.3) is 22.3 Å². The van der Waals surface area contributed by atoms with E-state index in [0.717, 1.165) is 72.7 Å². The van der Waals surface area contributed by atoms with Gasteiger partial charge in [0.25, 0.3) is 5.91 Å². The standard InChI is InChI=1S/C32H39N9O/c1-21-15-17-35-27(19-21)38-32(42)23-7-5-22(6-8-23)29-28-30(33)36-20-37-31(28)41(39-29)26-11-9-24(10-12-26)34-16-3-4-18-40(2)25-13-14-25/h3-8,15,17,19-20,24-26,34H,9-14,16,18H2,1-2H3,(H2,33,36,37)(H,35,38,42)/b4-3+. The molecule has 0 radical (unpaired) electrons. The zero-order valence-corrected chi connectivity index (χ0v) is 24.3. The van der Waals surface area contributed by atoms with E-state index in [-0.39, 0.29) is 11.9 Å². The van der Waals surface area contributed by atoms with Gasteiger partial charge in [0.1, 0.15) is 23.7 Å². The lowest BCUT2D eigenvalue weighted by Gasteiger charge is -2.29. The zero-order valence-electron chi connectivity index (χ0n) is 24.3. The summed E-state index contributed by atoms with van der Waals surface area (Å²) < 4.78 is 2.04. The Labute approximate surface area is 246 Å². The Balaban J connectivity index is 1.12. The number of carbonyl (C=O) groups is 1. The van der Waals surface area contributed by atoms with Crippen LogP contribution in [-0.2, 0) is 0 Å². The monoisotopic (exact) mass is 565 g/mol. The number of aryl methyl sites for hydroxylation is 1. The molecular formula is C32H39N9O. The Bertz CT molecular complexity index is 1570. The molecule has 1 aromatic carbocycles. The molecule has 1 amide bonds. The number of nitrogen functional groups attached to an aromatic ring is 1. The molecule has 0 atom stereocenters. The fourth-order valence-electron chi connectivity index (χ4n) is 5.77. The van der Waals surface area contributed by atoms with Crippen molar-refractivity contribution in [3.8, 4) is 11.3 Å². The number of pyridine rings is 1. The normalized spacial score (nSPS) is 19.1. The topological polar surface area (TPSA) is 127 Å². The number of aromatic nitrogens is 5. The maximum absolute atomic E-state index is 12.8. The quantitative estimate of drug-likeness (QED) is 0.235. The number of amides is 1. The minimum atomic E-state index is -0.218. The second-order valence-corrected chi connectivity index (χ2v) is 11.6. The molecule has 0 spiro atoms. The van der Waals surface area contributed by atoms with E-state index in [2.05, 4.69) is 49.7 Å². The summed E-state index contributed by atoms with van der Waals surface area (Å²) in [6, 6.07) is 12.6. The van der Waals surface area contributed by atoms with Gasteiger partial charge in [-0.3, -0.25) is 9.69 Å². The van der Waals surface area contributed by atoms with Gasteiger partial charge in [-0.15, -0.1) is 0 Å². The predicted molar refractivity (Wildman–Crippen MR) is 166 cm³/mol. The number of hydrogen-bond donors (Lipinski definition) is 3. The Morgan fingerprint density at radius 2 is 1.83 bits per heavy atom. The Hall–Kier alpha value is -4.15. The van der Waals surface area contributed by atoms with Crippen LogP contribution in [0.2, 0.25) is 0 Å². The maximum Gasteiger partial charge on any atom is 0.256 e. The number of benzene rings is 1. The number of likely N-dealkylation sites (N-methyl/N-ethyl adjacent to an activating group) is 1. The van der Waals surface area contributed by atoms with Crippen LogP contribution in [0.3, 0.4) is 0 Å². The second kappa shape index (κ2) is 12.4. The van der Waals surface area contributed by atoms with Crippen molar-refractivity contribution in [1.82, 2.24) is 34.9 Å². The lowest BCUT2D eigenvalue weighted by Crippen LogP contribution is -2.34. The van der Waals surface area contributed by atoms with E-state index in [1.807, 2.05) is 35.9 Å². The van der Waals surface area contributed by atoms with Crippen LogP contribution in [0.5, 0.6) is 0 Å². The molecule has 6 rings (SSSR count). The lowest BCUT2D eigenvalue weighted by atomic mass is 9.91. The van der Waals surface area contributed by atoms with Crippen LogP contribution in [0.4, 0.5) is 11.6 Å². The smallest absolute Gasteiger partial charge is 0.256 e. The van der Waals surface area contributed by atoms with Gasteiger partial charge in [0.2, 0.25) is 0 Å². The first kappa shape index (κ1) is 28.0. The number of anilines is 2. The van der Waals surface area contributed by atoms with Crippen molar-refractivity contribution < 1.29 is 4.79 Å². The number of carbonyl (C=O) groups excluding carboxylic acids is 1. The van der Waals surface area contributed by atoms with E-state index in [1.54, 1.807) is 18.3 Å². The molecule has 2 fully saturated rings. The van der Waals surface area contributed by atoms with Crippen LogP contribution in [0.15, 0.2) is 61.1 Å². The van der Waals surface area contributed by atoms with Crippen molar-refractivity contribution in [3.05, 3.63) is 72.2 Å². The third-order valence-corrected chi connectivity index (χ3v) is 8.39. The average Bonchev–Trinajstić information content (AvgIpc) is 3.78. The molecule has 0 bridgehead atoms. The van der Waals surface area contributed by atoms with Gasteiger partial charge in [-0.2, -0.15) is 5.10 Å². The van der Waals surface area contributed by atoms with Crippen molar-refractivity contribution in [2.75, 3.05) is 31.2 Å². The second-order valence-electron chi connectivity index (χ2n) is 11.6. The first-order valence-corrected chi connectivity index (χ1v) is 14.9. The molecule has 10 nitrogen and oxygen atoms in total. The maximum atomic E-state index is 12.8. The van der Waals surface area contributed by atoms with E-state index in [1.165, 1.54) is 19.2 Å². The zero-order chi connectivity index (χ0) is 29.1. The number of fused-ring (bicyclic) bond motifs is 1. The van der Waals surface area contributed by atoms with Gasteiger partial charge in [-0.05, 0) is 82.3 Å². The van der Waals surface area contributed by atoms with Crippen molar-refractivity contribution >= 4 is 28.6 Å². The molecule has 0 saturated heterocycles. The van der Waals surface area contributed by atoms with E-state index in [4.69, 9.17) is 10.8 Å². The molecule has 2 saturated carbocycles. The fraction of sp³-hybridized carbons (Fsp3) is 0.406. The SMILES string of the molecule is Cc1ccnc(NC(=O)c2ccc(-c3nn(C4CCC(NC/C=C/CN(C)C5CC5)CC4)c4ncnc(N)c34)cc2)c1. The largest absolute Gasteiger partial charge is 0.383 e. The molecule has 218 valence electrons. The molecule has 4 N–H and O–H groups in total. The summed E-state index contributed by atoms with van der Waals surface area (Å²) in [7, 11) is 2.21. The van der Waals surface area contributed by atoms with Crippen LogP contribution in [0.1, 0.15) is 60.5 Å². The molecular weight excluding hydrogens is 526 g/mol. The van der Waals surface area contributed by atoms with Gasteiger partial charge < -0.3 is 16.4 Å². The van der Waals surface area contributed by atoms with Gasteiger partial charge in [-0.1, -0.05) is 24.3 Å². The van der Waals surface area contributed by atoms with Crippen molar-refractivity contribution in [1.29, 1.82) is 0 Å². The molecule has 42 heavy (non-hydrogen) atoms. The summed E-state index contributed by atoms with van der Waals surface area (Å²) in [5, 5.41) is 12.3. The van der Waals surface area contributed by atoms with Crippen LogP contribution < -0.4 is 16.4 Å². The third kappa shape index (κ3) is 6.34. The molecule has 0 aliphatic heterocycles. The van der Waals surface area contributed by atoms with Gasteiger partial charge in [-0.25, -0.2) is 19.6 Å². The number of nitrogens with one attached hydrogen (secondary N) is 2. The average molecular weight is 566 g/mol. The van der Waals surface area contributed by atoms with Gasteiger partial charge in [0.05, 0.1) is 11.4 Å². The first-order chi connectivity index (χ1) is 20.5. The summed E-state index contributed by atoms with van der Waals surface area (Å²) in [5.41, 5.74) is 10.3. The molecule has 4 aromatic rings. The van der Waals surface area contributed by atoms with Gasteiger partial charge >= 0.3 is 0 Å². The van der Waals surface area contributed by atoms with Crippen LogP contribution in [-0.4, -0.2) is 67.8 Å². The lowest BCUT2D eigenvalue weighted by molar-refractivity contribution is 0.102. The highest BCUT2D eigenvalue weighted by Crippen LogP contribution is 2.36. The van der Waals surface area contributed by atoms with Crippen molar-refractivity contribution in [3.63, 3.8) is 0 Å². The van der Waals surface area contributed by atoms with E-state index < -0.39 is 0 Å². The summed E-state index contributed by atoms with van der Waals surface area (Å²) >= 11 is 0. The summed E-state index contributed by atoms with van der Waals surface area (Å²) in [6.45, 7) is 3.89. The van der Waals surface area contributed by atoms with Crippen molar-refractivity contribution in [2.45, 2.75) is 63.6 Å². The molecule has 2 aliphatic rings. The minimum absolute atomic E-state index is 0.218. The highest BCUT2D eigenvalue weighted by atomic mass is 16.1. The number of nitrogens with two attached hydrogens (primary N) is 1. The highest BCUT2D eigenvalue weighted by molar-refractivity contribution is 6.04. The Morgan fingerprint density at radius 1 is 1.05 bits per heavy atom. The highest BCUT2D eigenvalue weighted by Gasteiger charge is 2.27. The molecule has 10 heteroatoms. The summed E-state index contributed by atoms with van der Waals surface area (Å²) in [4.78, 5) is 28.3. The van der Waals surface area contributed by atoms with E-state index >= 15 is 0 Å². The van der Waals surface area contributed by atoms with E-state index in [0.29, 0.717) is 23.2 Å². The third-order valence-electron chi connectivity index (χ3n) is 8.39. The summed E-state index contributed by atoms with van der Waals surface area (Å²) in [5.74, 6) is 0.712. The Morgan fingerprint density at radius 3 is 2.57 bits per heavy atom. The Kier molecular flexibility index (Phi) is 8.25. The van der Waals surface area contributed by atoms with Gasteiger partial charge in [0.15, 0.2) is 5.65 Å². The molecule has 0 unspecified atom stereocenters. The summed E-state index contributed by atoms with van der Waals surface area (Å²) in [6.07, 6.45) is 14.6. The van der Waals surface area contributed by atoms with Crippen LogP contribution >= 0.6 is 0 Å². The van der Waals surface area contributed by atoms with Crippen molar-refractivity contribution in [2.24, 2.45) is 0 Å². The molecule has 3 heterocycles. The molecule has 2 aliphatic carbocycles. The number of hydrogen-bond acceptors (Lipinski definition) is 8. The number of nitrogens with zero attached hydrogens (tertiary/aromatic N) is 6.